The van der Waals surface area contributed by atoms with Gasteiger partial charge in [-0.25, -0.2) is 4.39 Å². The zero-order valence-corrected chi connectivity index (χ0v) is 10.6. The molecule has 3 rings (SSSR count). The third-order valence-corrected chi connectivity index (χ3v) is 3.30. The van der Waals surface area contributed by atoms with Crippen molar-refractivity contribution in [3.05, 3.63) is 54.1 Å². The van der Waals surface area contributed by atoms with E-state index in [1.807, 2.05) is 12.1 Å². The first kappa shape index (κ1) is 12.0. The van der Waals surface area contributed by atoms with E-state index < -0.39 is 0 Å². The average Bonchev–Trinajstić information content (AvgIpc) is 2.62. The highest BCUT2D eigenvalue weighted by molar-refractivity contribution is 5.70. The van der Waals surface area contributed by atoms with Crippen molar-refractivity contribution in [2.75, 3.05) is 23.3 Å². The number of aromatic nitrogens is 1. The number of pyridine rings is 1. The first-order valence-corrected chi connectivity index (χ1v) is 6.50. The van der Waals surface area contributed by atoms with Gasteiger partial charge in [0, 0.05) is 25.8 Å². The Bertz CT molecular complexity index is 571. The highest BCUT2D eigenvalue weighted by atomic mass is 19.1. The minimum absolute atomic E-state index is 0.279. The van der Waals surface area contributed by atoms with Crippen LogP contribution in [-0.2, 0) is 6.54 Å². The number of halogens is 1. The van der Waals surface area contributed by atoms with Crippen LogP contribution in [0, 0.1) is 5.82 Å². The molecule has 3 nitrogen and oxygen atoms in total. The molecular formula is C15H16FN3. The fourth-order valence-electron chi connectivity index (χ4n) is 2.44. The lowest BCUT2D eigenvalue weighted by molar-refractivity contribution is 0.617. The van der Waals surface area contributed by atoms with Gasteiger partial charge in [0.25, 0.3) is 0 Å². The quantitative estimate of drug-likeness (QED) is 0.896. The molecule has 0 fully saturated rings. The first-order chi connectivity index (χ1) is 9.33. The molecule has 1 aliphatic rings. The summed E-state index contributed by atoms with van der Waals surface area (Å²) in [6, 6.07) is 9.79. The Morgan fingerprint density at radius 1 is 1.26 bits per heavy atom. The Balaban J connectivity index is 1.88. The van der Waals surface area contributed by atoms with E-state index in [0.717, 1.165) is 30.8 Å². The number of nitrogens with zero attached hydrogens (tertiary/aromatic N) is 2. The van der Waals surface area contributed by atoms with E-state index in [9.17, 15) is 4.39 Å². The van der Waals surface area contributed by atoms with Crippen molar-refractivity contribution in [3.63, 3.8) is 0 Å². The Morgan fingerprint density at radius 2 is 2.16 bits per heavy atom. The molecule has 0 bridgehead atoms. The van der Waals surface area contributed by atoms with Gasteiger partial charge in [0.2, 0.25) is 0 Å². The van der Waals surface area contributed by atoms with Gasteiger partial charge in [0.05, 0.1) is 17.6 Å². The third kappa shape index (κ3) is 2.67. The van der Waals surface area contributed by atoms with Crippen molar-refractivity contribution in [2.45, 2.75) is 13.0 Å². The summed E-state index contributed by atoms with van der Waals surface area (Å²) in [4.78, 5) is 6.18. The summed E-state index contributed by atoms with van der Waals surface area (Å²) in [5, 5.41) is 3.42. The molecule has 0 atom stereocenters. The lowest BCUT2D eigenvalue weighted by Crippen LogP contribution is -2.23. The molecule has 2 heterocycles. The van der Waals surface area contributed by atoms with Gasteiger partial charge < -0.3 is 10.2 Å². The minimum Gasteiger partial charge on any atom is -0.383 e. The molecule has 1 aromatic heterocycles. The number of rotatable bonds is 2. The Morgan fingerprint density at radius 3 is 3.05 bits per heavy atom. The lowest BCUT2D eigenvalue weighted by Gasteiger charge is -2.24. The van der Waals surface area contributed by atoms with Crippen LogP contribution < -0.4 is 10.2 Å². The molecule has 0 spiro atoms. The fraction of sp³-hybridized carbons (Fsp3) is 0.267. The summed E-state index contributed by atoms with van der Waals surface area (Å²) in [5.41, 5.74) is 3.21. The number of fused-ring (bicyclic) bond motifs is 1. The SMILES string of the molecule is Fc1cncc(CN2CCCNc3ccccc32)c1. The van der Waals surface area contributed by atoms with E-state index in [0.29, 0.717) is 6.54 Å². The van der Waals surface area contributed by atoms with Crippen molar-refractivity contribution in [3.8, 4) is 0 Å². The Labute approximate surface area is 112 Å². The van der Waals surface area contributed by atoms with Crippen LogP contribution in [0.5, 0.6) is 0 Å². The second kappa shape index (κ2) is 5.26. The van der Waals surface area contributed by atoms with Gasteiger partial charge in [-0.3, -0.25) is 4.98 Å². The van der Waals surface area contributed by atoms with Crippen molar-refractivity contribution in [1.82, 2.24) is 4.98 Å². The van der Waals surface area contributed by atoms with Gasteiger partial charge in [-0.15, -0.1) is 0 Å². The normalized spacial score (nSPS) is 14.5. The summed E-state index contributed by atoms with van der Waals surface area (Å²) < 4.78 is 13.2. The standard InChI is InChI=1S/C15H16FN3/c16-13-8-12(9-17-10-13)11-19-7-3-6-18-14-4-1-2-5-15(14)19/h1-2,4-5,8-10,18H,3,6-7,11H2. The van der Waals surface area contributed by atoms with Gasteiger partial charge in [-0.2, -0.15) is 0 Å². The van der Waals surface area contributed by atoms with Gasteiger partial charge in [0.1, 0.15) is 5.82 Å². The summed E-state index contributed by atoms with van der Waals surface area (Å²) in [6.45, 7) is 2.61. The zero-order valence-electron chi connectivity index (χ0n) is 10.6. The van der Waals surface area contributed by atoms with Crippen LogP contribution in [0.25, 0.3) is 0 Å². The van der Waals surface area contributed by atoms with E-state index in [-0.39, 0.29) is 5.82 Å². The van der Waals surface area contributed by atoms with Crippen LogP contribution in [0.3, 0.4) is 0 Å². The molecule has 98 valence electrons. The lowest BCUT2D eigenvalue weighted by atomic mass is 10.2. The molecule has 0 radical (unpaired) electrons. The maximum absolute atomic E-state index is 13.2. The van der Waals surface area contributed by atoms with Crippen molar-refractivity contribution in [2.24, 2.45) is 0 Å². The Hall–Kier alpha value is -2.10. The summed E-state index contributed by atoms with van der Waals surface area (Å²) >= 11 is 0. The maximum Gasteiger partial charge on any atom is 0.141 e. The molecule has 1 aromatic carbocycles. The van der Waals surface area contributed by atoms with Gasteiger partial charge in [0.15, 0.2) is 0 Å². The van der Waals surface area contributed by atoms with Crippen molar-refractivity contribution in [1.29, 1.82) is 0 Å². The Kier molecular flexibility index (Phi) is 3.31. The van der Waals surface area contributed by atoms with Crippen LogP contribution in [0.15, 0.2) is 42.7 Å². The highest BCUT2D eigenvalue weighted by Crippen LogP contribution is 2.29. The van der Waals surface area contributed by atoms with Crippen LogP contribution in [0.2, 0.25) is 0 Å². The van der Waals surface area contributed by atoms with Crippen LogP contribution in [0.4, 0.5) is 15.8 Å². The number of nitrogens with one attached hydrogen (secondary N) is 1. The maximum atomic E-state index is 13.2. The van der Waals surface area contributed by atoms with E-state index in [4.69, 9.17) is 0 Å². The van der Waals surface area contributed by atoms with Crippen molar-refractivity contribution >= 4 is 11.4 Å². The number of benzene rings is 1. The molecule has 1 N–H and O–H groups in total. The predicted octanol–water partition coefficient (Wildman–Crippen LogP) is 3.04. The largest absolute Gasteiger partial charge is 0.383 e. The van der Waals surface area contributed by atoms with Gasteiger partial charge in [-0.1, -0.05) is 12.1 Å². The highest BCUT2D eigenvalue weighted by Gasteiger charge is 2.14. The van der Waals surface area contributed by atoms with E-state index in [2.05, 4.69) is 27.3 Å². The zero-order chi connectivity index (χ0) is 13.1. The molecule has 4 heteroatoms. The van der Waals surface area contributed by atoms with Crippen molar-refractivity contribution < 1.29 is 4.39 Å². The minimum atomic E-state index is -0.279. The molecule has 0 unspecified atom stereocenters. The average molecular weight is 257 g/mol. The summed E-state index contributed by atoms with van der Waals surface area (Å²) in [7, 11) is 0. The second-order valence-corrected chi connectivity index (χ2v) is 4.73. The van der Waals surface area contributed by atoms with E-state index in [1.165, 1.54) is 11.9 Å². The molecule has 0 saturated heterocycles. The molecule has 0 saturated carbocycles. The number of para-hydroxylation sites is 2. The van der Waals surface area contributed by atoms with E-state index >= 15 is 0 Å². The summed E-state index contributed by atoms with van der Waals surface area (Å²) in [6.07, 6.45) is 4.03. The molecule has 0 amide bonds. The smallest absolute Gasteiger partial charge is 0.141 e. The first-order valence-electron chi connectivity index (χ1n) is 6.50. The predicted molar refractivity (Wildman–Crippen MR) is 74.8 cm³/mol. The number of anilines is 2. The summed E-state index contributed by atoms with van der Waals surface area (Å²) in [5.74, 6) is -0.279. The number of hydrogen-bond donors (Lipinski definition) is 1. The number of hydrogen-bond acceptors (Lipinski definition) is 3. The fourth-order valence-corrected chi connectivity index (χ4v) is 2.44. The van der Waals surface area contributed by atoms with Gasteiger partial charge >= 0.3 is 0 Å². The second-order valence-electron chi connectivity index (χ2n) is 4.73. The molecule has 0 aliphatic carbocycles. The van der Waals surface area contributed by atoms with Crippen LogP contribution >= 0.6 is 0 Å². The topological polar surface area (TPSA) is 28.2 Å². The molecular weight excluding hydrogens is 241 g/mol. The van der Waals surface area contributed by atoms with Crippen LogP contribution in [0.1, 0.15) is 12.0 Å². The van der Waals surface area contributed by atoms with Gasteiger partial charge in [-0.05, 0) is 30.2 Å². The van der Waals surface area contributed by atoms with Crippen LogP contribution in [-0.4, -0.2) is 18.1 Å². The van der Waals surface area contributed by atoms with E-state index in [1.54, 1.807) is 12.3 Å². The molecule has 2 aromatic rings. The molecule has 1 aliphatic heterocycles. The monoisotopic (exact) mass is 257 g/mol. The third-order valence-electron chi connectivity index (χ3n) is 3.30. The molecule has 19 heavy (non-hydrogen) atoms.